The summed E-state index contributed by atoms with van der Waals surface area (Å²) in [7, 11) is -2.76. The quantitative estimate of drug-likeness (QED) is 0.177. The number of hydrogen-bond donors (Lipinski definition) is 0. The second kappa shape index (κ2) is 11.6. The standard InChI is InChI=1S/C43H27BF3NS2Si/c45-43(46,47)28-23-24-37-33(25-28)44-32-17-7-10-20-36(32)49-38-26-29(27-39(50-37)42(38)44)48-34-18-8-11-21-40(34)51(30-13-3-1-4-14-30,31-15-5-2-6-16-31)41-22-12-9-19-35(41)48/h1-27H. The van der Waals surface area contributed by atoms with E-state index in [-0.39, 0.29) is 6.71 Å². The van der Waals surface area contributed by atoms with Crippen LogP contribution < -0.4 is 42.0 Å². The third kappa shape index (κ3) is 4.59. The molecule has 0 amide bonds. The van der Waals surface area contributed by atoms with E-state index < -0.39 is 19.8 Å². The van der Waals surface area contributed by atoms with E-state index in [0.717, 1.165) is 53.0 Å². The van der Waals surface area contributed by atoms with Gasteiger partial charge in [0.25, 0.3) is 0 Å². The molecule has 0 unspecified atom stereocenters. The van der Waals surface area contributed by atoms with E-state index in [9.17, 15) is 13.2 Å². The number of halogens is 3. The fourth-order valence-electron chi connectivity index (χ4n) is 8.43. The molecule has 7 aromatic rings. The topological polar surface area (TPSA) is 3.24 Å². The molecule has 0 saturated heterocycles. The lowest BCUT2D eigenvalue weighted by Crippen LogP contribution is -2.77. The molecule has 3 aliphatic heterocycles. The van der Waals surface area contributed by atoms with Crippen LogP contribution in [-0.2, 0) is 6.18 Å². The molecule has 0 spiro atoms. The van der Waals surface area contributed by atoms with Crippen LogP contribution in [0.4, 0.5) is 30.2 Å². The van der Waals surface area contributed by atoms with E-state index in [0.29, 0.717) is 0 Å². The summed E-state index contributed by atoms with van der Waals surface area (Å²) in [6, 6.07) is 56.6. The molecule has 0 fully saturated rings. The average Bonchev–Trinajstić information content (AvgIpc) is 3.16. The van der Waals surface area contributed by atoms with Crippen LogP contribution in [0.5, 0.6) is 0 Å². The van der Waals surface area contributed by atoms with Crippen LogP contribution in [0, 0.1) is 0 Å². The van der Waals surface area contributed by atoms with Gasteiger partial charge in [-0.2, -0.15) is 13.2 Å². The van der Waals surface area contributed by atoms with Crippen LogP contribution in [0.3, 0.4) is 0 Å². The van der Waals surface area contributed by atoms with Crippen molar-refractivity contribution in [3.8, 4) is 0 Å². The highest BCUT2D eigenvalue weighted by Crippen LogP contribution is 2.45. The molecule has 0 aliphatic carbocycles. The van der Waals surface area contributed by atoms with Gasteiger partial charge in [0.05, 0.1) is 5.56 Å². The summed E-state index contributed by atoms with van der Waals surface area (Å²) in [5.74, 6) is 0. The van der Waals surface area contributed by atoms with Crippen LogP contribution >= 0.6 is 23.5 Å². The van der Waals surface area contributed by atoms with Crippen molar-refractivity contribution < 1.29 is 13.2 Å². The van der Waals surface area contributed by atoms with Gasteiger partial charge in [0, 0.05) is 36.6 Å². The number of nitrogens with zero attached hydrogens (tertiary/aromatic N) is 1. The predicted molar refractivity (Wildman–Crippen MR) is 209 cm³/mol. The molecule has 3 heterocycles. The molecular formula is C43H27BF3NS2Si. The summed E-state index contributed by atoms with van der Waals surface area (Å²) in [6.07, 6.45) is -4.41. The Labute approximate surface area is 304 Å². The van der Waals surface area contributed by atoms with Crippen molar-refractivity contribution in [3.63, 3.8) is 0 Å². The first-order valence-corrected chi connectivity index (χ1v) is 20.5. The van der Waals surface area contributed by atoms with Gasteiger partial charge in [-0.25, -0.2) is 0 Å². The summed E-state index contributed by atoms with van der Waals surface area (Å²) in [4.78, 5) is 6.52. The lowest BCUT2D eigenvalue weighted by Gasteiger charge is -2.45. The van der Waals surface area contributed by atoms with Crippen molar-refractivity contribution in [2.45, 2.75) is 25.8 Å². The fourth-order valence-corrected chi connectivity index (χ4v) is 16.0. The molecule has 0 N–H and O–H groups in total. The summed E-state index contributed by atoms with van der Waals surface area (Å²) in [5, 5.41) is 5.30. The molecule has 1 nitrogen and oxygen atoms in total. The fraction of sp³-hybridized carbons (Fsp3) is 0.0233. The van der Waals surface area contributed by atoms with E-state index in [1.54, 1.807) is 29.6 Å². The minimum Gasteiger partial charge on any atom is -0.311 e. The Morgan fingerprint density at radius 2 is 1.00 bits per heavy atom. The molecule has 0 saturated carbocycles. The molecular weight excluding hydrogens is 691 g/mol. The van der Waals surface area contributed by atoms with E-state index in [2.05, 4.69) is 138 Å². The number of rotatable bonds is 3. The lowest BCUT2D eigenvalue weighted by molar-refractivity contribution is -0.137. The summed E-state index contributed by atoms with van der Waals surface area (Å²) < 4.78 is 42.1. The van der Waals surface area contributed by atoms with Crippen molar-refractivity contribution in [1.29, 1.82) is 0 Å². The smallest absolute Gasteiger partial charge is 0.311 e. The van der Waals surface area contributed by atoms with Gasteiger partial charge >= 0.3 is 6.18 Å². The Bertz CT molecular complexity index is 2400. The average molecular weight is 718 g/mol. The van der Waals surface area contributed by atoms with Gasteiger partial charge in [-0.05, 0) is 68.7 Å². The van der Waals surface area contributed by atoms with Crippen molar-refractivity contribution in [3.05, 3.63) is 169 Å². The molecule has 3 aliphatic rings. The third-order valence-corrected chi connectivity index (χ3v) is 17.6. The number of alkyl halides is 3. The van der Waals surface area contributed by atoms with E-state index in [1.807, 2.05) is 12.1 Å². The van der Waals surface area contributed by atoms with Crippen molar-refractivity contribution in [2.24, 2.45) is 0 Å². The third-order valence-electron chi connectivity index (χ3n) is 10.5. The van der Waals surface area contributed by atoms with Crippen molar-refractivity contribution in [1.82, 2.24) is 0 Å². The van der Waals surface area contributed by atoms with Gasteiger partial charge in [-0.15, -0.1) is 0 Å². The van der Waals surface area contributed by atoms with Gasteiger partial charge in [-0.3, -0.25) is 0 Å². The Morgan fingerprint density at radius 3 is 1.59 bits per heavy atom. The largest absolute Gasteiger partial charge is 0.416 e. The number of para-hydroxylation sites is 2. The minimum absolute atomic E-state index is 0.280. The molecule has 0 radical (unpaired) electrons. The number of benzene rings is 7. The van der Waals surface area contributed by atoms with E-state index in [1.165, 1.54) is 32.9 Å². The van der Waals surface area contributed by atoms with Gasteiger partial charge < -0.3 is 4.90 Å². The molecule has 0 bridgehead atoms. The second-order valence-electron chi connectivity index (χ2n) is 13.1. The Balaban J connectivity index is 1.22. The van der Waals surface area contributed by atoms with Crippen molar-refractivity contribution >= 4 is 92.5 Å². The van der Waals surface area contributed by atoms with Crippen LogP contribution in [-0.4, -0.2) is 14.8 Å². The SMILES string of the molecule is FC(F)(F)c1ccc2c(c1)B1c3ccccc3Sc3cc(N4c5ccccc5[Si](c5ccccc5)(c5ccccc5)c5ccccc54)cc(c31)S2. The summed E-state index contributed by atoms with van der Waals surface area (Å²) in [5.41, 5.74) is 5.61. The highest BCUT2D eigenvalue weighted by molar-refractivity contribution is 8.01. The minimum atomic E-state index is -4.41. The first kappa shape index (κ1) is 30.9. The molecule has 8 heteroatoms. The highest BCUT2D eigenvalue weighted by atomic mass is 32.2. The van der Waals surface area contributed by atoms with E-state index in [4.69, 9.17) is 0 Å². The monoisotopic (exact) mass is 717 g/mol. The van der Waals surface area contributed by atoms with Gasteiger partial charge in [0.15, 0.2) is 8.07 Å². The number of anilines is 3. The summed E-state index contributed by atoms with van der Waals surface area (Å²) >= 11 is 3.29. The molecule has 0 aromatic heterocycles. The Morgan fingerprint density at radius 1 is 0.490 bits per heavy atom. The zero-order valence-corrected chi connectivity index (χ0v) is 29.7. The first-order chi connectivity index (χ1) is 24.9. The predicted octanol–water partition coefficient (Wildman–Crippen LogP) is 7.31. The maximum Gasteiger partial charge on any atom is 0.416 e. The first-order valence-electron chi connectivity index (χ1n) is 16.9. The van der Waals surface area contributed by atoms with Crippen LogP contribution in [0.15, 0.2) is 183 Å². The van der Waals surface area contributed by atoms with Gasteiger partial charge in [0.2, 0.25) is 6.71 Å². The van der Waals surface area contributed by atoms with Crippen LogP contribution in [0.25, 0.3) is 0 Å². The lowest BCUT2D eigenvalue weighted by atomic mass is 9.36. The number of fused-ring (bicyclic) bond motifs is 6. The molecule has 0 atom stereocenters. The van der Waals surface area contributed by atoms with Gasteiger partial charge in [-0.1, -0.05) is 156 Å². The summed E-state index contributed by atoms with van der Waals surface area (Å²) in [6.45, 7) is -0.280. The molecule has 244 valence electrons. The van der Waals surface area contributed by atoms with Crippen LogP contribution in [0.2, 0.25) is 0 Å². The normalized spacial score (nSPS) is 14.9. The number of hydrogen-bond acceptors (Lipinski definition) is 3. The van der Waals surface area contributed by atoms with Gasteiger partial charge in [0.1, 0.15) is 0 Å². The van der Waals surface area contributed by atoms with Crippen LogP contribution in [0.1, 0.15) is 5.56 Å². The molecule has 51 heavy (non-hydrogen) atoms. The molecule has 10 rings (SSSR count). The highest BCUT2D eigenvalue weighted by Gasteiger charge is 2.49. The Hall–Kier alpha value is -4.89. The maximum atomic E-state index is 14.0. The Kier molecular flexibility index (Phi) is 7.01. The van der Waals surface area contributed by atoms with Crippen molar-refractivity contribution in [2.75, 3.05) is 4.90 Å². The maximum absolute atomic E-state index is 14.0. The van der Waals surface area contributed by atoms with E-state index >= 15 is 0 Å². The second-order valence-corrected chi connectivity index (χ2v) is 19.0. The zero-order chi connectivity index (χ0) is 34.3. The molecule has 7 aromatic carbocycles. The zero-order valence-electron chi connectivity index (χ0n) is 27.1.